The first kappa shape index (κ1) is 21.0. The largest absolute Gasteiger partial charge is 0.355 e. The second kappa shape index (κ2) is 8.32. The van der Waals surface area contributed by atoms with Crippen molar-refractivity contribution in [1.29, 1.82) is 0 Å². The molecule has 0 radical (unpaired) electrons. The molecule has 1 aromatic carbocycles. The van der Waals surface area contributed by atoms with E-state index in [-0.39, 0.29) is 23.3 Å². The molecule has 2 amide bonds. The predicted molar refractivity (Wildman–Crippen MR) is 113 cm³/mol. The summed E-state index contributed by atoms with van der Waals surface area (Å²) in [5, 5.41) is 9.81. The number of benzene rings is 1. The third kappa shape index (κ3) is 3.86. The topological polar surface area (TPSA) is 122 Å². The highest BCUT2D eigenvalue weighted by Gasteiger charge is 2.19. The van der Waals surface area contributed by atoms with E-state index in [2.05, 4.69) is 25.7 Å². The zero-order chi connectivity index (χ0) is 22.0. The van der Waals surface area contributed by atoms with Gasteiger partial charge in [-0.1, -0.05) is 6.92 Å². The van der Waals surface area contributed by atoms with Gasteiger partial charge in [0.1, 0.15) is 5.82 Å². The van der Waals surface area contributed by atoms with Crippen LogP contribution in [0.1, 0.15) is 50.2 Å². The van der Waals surface area contributed by atoms with Gasteiger partial charge in [-0.2, -0.15) is 9.78 Å². The van der Waals surface area contributed by atoms with E-state index in [0.29, 0.717) is 40.3 Å². The van der Waals surface area contributed by atoms with Crippen LogP contribution >= 0.6 is 0 Å². The Morgan fingerprint density at radius 2 is 1.63 bits per heavy atom. The summed E-state index contributed by atoms with van der Waals surface area (Å²) in [6.45, 7) is 7.30. The van der Waals surface area contributed by atoms with Crippen LogP contribution in [0.5, 0.6) is 0 Å². The zero-order valence-electron chi connectivity index (χ0n) is 17.6. The summed E-state index contributed by atoms with van der Waals surface area (Å²) in [7, 11) is 1.54. The van der Waals surface area contributed by atoms with Crippen molar-refractivity contribution in [3.8, 4) is 5.95 Å². The lowest BCUT2D eigenvalue weighted by Gasteiger charge is -2.11. The predicted octanol–water partition coefficient (Wildman–Crippen LogP) is 2.06. The van der Waals surface area contributed by atoms with Crippen molar-refractivity contribution in [3.05, 3.63) is 68.3 Å². The van der Waals surface area contributed by atoms with Gasteiger partial charge in [0, 0.05) is 35.0 Å². The van der Waals surface area contributed by atoms with Crippen LogP contribution in [0.25, 0.3) is 5.95 Å². The summed E-state index contributed by atoms with van der Waals surface area (Å²) in [5.41, 5.74) is 3.29. The number of nitrogens with one attached hydrogen (secondary N) is 3. The maximum atomic E-state index is 12.8. The van der Waals surface area contributed by atoms with Crippen LogP contribution in [-0.2, 0) is 6.42 Å². The second-order valence-corrected chi connectivity index (χ2v) is 6.89. The zero-order valence-corrected chi connectivity index (χ0v) is 17.6. The first-order chi connectivity index (χ1) is 14.3. The Morgan fingerprint density at radius 3 is 2.17 bits per heavy atom. The minimum Gasteiger partial charge on any atom is -0.355 e. The lowest BCUT2D eigenvalue weighted by atomic mass is 10.1. The Bertz CT molecular complexity index is 1170. The molecule has 0 aliphatic heterocycles. The first-order valence-electron chi connectivity index (χ1n) is 9.56. The maximum absolute atomic E-state index is 12.8. The summed E-state index contributed by atoms with van der Waals surface area (Å²) in [5.74, 6) is 0.0511. The Labute approximate surface area is 173 Å². The minimum absolute atomic E-state index is 0.229. The molecule has 0 aliphatic carbocycles. The van der Waals surface area contributed by atoms with E-state index in [1.807, 2.05) is 20.8 Å². The van der Waals surface area contributed by atoms with Gasteiger partial charge in [-0.3, -0.25) is 19.4 Å². The average molecular weight is 408 g/mol. The number of hydrogen-bond donors (Lipinski definition) is 3. The fraction of sp³-hybridized carbons (Fsp3) is 0.286. The molecule has 0 fully saturated rings. The third-order valence-electron chi connectivity index (χ3n) is 4.99. The molecule has 0 unspecified atom stereocenters. The molecule has 0 bridgehead atoms. The number of hydrogen-bond acceptors (Lipinski definition) is 5. The van der Waals surface area contributed by atoms with E-state index in [1.165, 1.54) is 4.68 Å². The summed E-state index contributed by atoms with van der Waals surface area (Å²) >= 11 is 0. The number of H-pyrrole nitrogens is 1. The SMILES string of the molecule is CCc1c(C)nc(-n2nc(C)c(C)c2NC(=O)c2ccc(C(=O)NC)cc2)[nH]c1=O. The molecule has 0 spiro atoms. The van der Waals surface area contributed by atoms with Gasteiger partial charge < -0.3 is 10.6 Å². The number of rotatable bonds is 5. The molecule has 2 aromatic heterocycles. The number of nitrogens with zero attached hydrogens (tertiary/aromatic N) is 3. The normalized spacial score (nSPS) is 10.7. The Morgan fingerprint density at radius 1 is 1.03 bits per heavy atom. The molecule has 2 heterocycles. The molecular formula is C21H24N6O3. The standard InChI is InChI=1S/C21H24N6O3/c1-6-16-13(4)23-21(25-20(16)30)27-17(11(2)12(3)26-27)24-19(29)15-9-7-14(8-10-15)18(28)22-5/h7-10H,6H2,1-5H3,(H,22,28)(H,24,29)(H,23,25,30). The molecule has 0 atom stereocenters. The molecule has 3 aromatic rings. The molecule has 9 heteroatoms. The van der Waals surface area contributed by atoms with Crippen LogP contribution in [0.2, 0.25) is 0 Å². The van der Waals surface area contributed by atoms with E-state index in [0.717, 1.165) is 5.56 Å². The molecule has 30 heavy (non-hydrogen) atoms. The highest BCUT2D eigenvalue weighted by atomic mass is 16.2. The van der Waals surface area contributed by atoms with Crippen molar-refractivity contribution < 1.29 is 9.59 Å². The summed E-state index contributed by atoms with van der Waals surface area (Å²) < 4.78 is 1.43. The van der Waals surface area contributed by atoms with Crippen LogP contribution in [0.4, 0.5) is 5.82 Å². The Hall–Kier alpha value is -3.75. The van der Waals surface area contributed by atoms with E-state index < -0.39 is 0 Å². The average Bonchev–Trinajstić information content (AvgIpc) is 3.01. The van der Waals surface area contributed by atoms with Gasteiger partial charge in [-0.05, 0) is 51.5 Å². The van der Waals surface area contributed by atoms with Crippen molar-refractivity contribution in [3.63, 3.8) is 0 Å². The van der Waals surface area contributed by atoms with Crippen molar-refractivity contribution in [1.82, 2.24) is 25.1 Å². The monoisotopic (exact) mass is 408 g/mol. The van der Waals surface area contributed by atoms with Crippen LogP contribution in [-0.4, -0.2) is 38.6 Å². The molecule has 3 rings (SSSR count). The van der Waals surface area contributed by atoms with Gasteiger partial charge in [0.25, 0.3) is 17.4 Å². The number of anilines is 1. The van der Waals surface area contributed by atoms with E-state index in [4.69, 9.17) is 0 Å². The van der Waals surface area contributed by atoms with Crippen LogP contribution in [0, 0.1) is 20.8 Å². The Kier molecular flexibility index (Phi) is 5.81. The summed E-state index contributed by atoms with van der Waals surface area (Å²) in [6.07, 6.45) is 0.571. The van der Waals surface area contributed by atoms with Gasteiger partial charge >= 0.3 is 0 Å². The third-order valence-corrected chi connectivity index (χ3v) is 4.99. The lowest BCUT2D eigenvalue weighted by molar-refractivity contribution is 0.0961. The molecule has 156 valence electrons. The summed E-state index contributed by atoms with van der Waals surface area (Å²) in [6, 6.07) is 6.30. The highest BCUT2D eigenvalue weighted by molar-refractivity contribution is 6.05. The fourth-order valence-electron chi connectivity index (χ4n) is 3.11. The van der Waals surface area contributed by atoms with Crippen LogP contribution in [0.15, 0.2) is 29.1 Å². The number of aromatic amines is 1. The van der Waals surface area contributed by atoms with Gasteiger partial charge in [-0.25, -0.2) is 4.98 Å². The fourth-order valence-corrected chi connectivity index (χ4v) is 3.11. The maximum Gasteiger partial charge on any atom is 0.256 e. The number of carbonyl (C=O) groups excluding carboxylic acids is 2. The van der Waals surface area contributed by atoms with Gasteiger partial charge in [0.2, 0.25) is 5.95 Å². The van der Waals surface area contributed by atoms with E-state index in [9.17, 15) is 14.4 Å². The lowest BCUT2D eigenvalue weighted by Crippen LogP contribution is -2.22. The number of carbonyl (C=O) groups is 2. The van der Waals surface area contributed by atoms with Crippen molar-refractivity contribution >= 4 is 17.6 Å². The molecule has 0 saturated heterocycles. The number of aromatic nitrogens is 4. The molecule has 0 saturated carbocycles. The smallest absolute Gasteiger partial charge is 0.256 e. The second-order valence-electron chi connectivity index (χ2n) is 6.89. The van der Waals surface area contributed by atoms with Gasteiger partial charge in [0.15, 0.2) is 0 Å². The summed E-state index contributed by atoms with van der Waals surface area (Å²) in [4.78, 5) is 44.0. The molecular weight excluding hydrogens is 384 g/mol. The van der Waals surface area contributed by atoms with Gasteiger partial charge in [-0.15, -0.1) is 0 Å². The molecule has 9 nitrogen and oxygen atoms in total. The highest BCUT2D eigenvalue weighted by Crippen LogP contribution is 2.22. The van der Waals surface area contributed by atoms with Crippen molar-refractivity contribution in [2.45, 2.75) is 34.1 Å². The van der Waals surface area contributed by atoms with Crippen molar-refractivity contribution in [2.24, 2.45) is 0 Å². The molecule has 0 aliphatic rings. The Balaban J connectivity index is 1.97. The first-order valence-corrected chi connectivity index (χ1v) is 9.56. The van der Waals surface area contributed by atoms with Crippen molar-refractivity contribution in [2.75, 3.05) is 12.4 Å². The number of aryl methyl sites for hydroxylation is 2. The molecule has 3 N–H and O–H groups in total. The minimum atomic E-state index is -0.369. The van der Waals surface area contributed by atoms with Crippen LogP contribution < -0.4 is 16.2 Å². The quantitative estimate of drug-likeness (QED) is 0.596. The van der Waals surface area contributed by atoms with E-state index in [1.54, 1.807) is 38.2 Å². The number of amides is 2. The van der Waals surface area contributed by atoms with E-state index >= 15 is 0 Å². The van der Waals surface area contributed by atoms with Crippen LogP contribution in [0.3, 0.4) is 0 Å². The van der Waals surface area contributed by atoms with Gasteiger partial charge in [0.05, 0.1) is 5.69 Å².